The van der Waals surface area contributed by atoms with Crippen LogP contribution in [0.4, 0.5) is 11.4 Å². The van der Waals surface area contributed by atoms with Crippen molar-refractivity contribution in [1.29, 1.82) is 0 Å². The third-order valence-corrected chi connectivity index (χ3v) is 4.68. The lowest BCUT2D eigenvalue weighted by molar-refractivity contribution is -0.111. The molecule has 5 heteroatoms. The Morgan fingerprint density at radius 3 is 2.82 bits per heavy atom. The number of halogens is 1. The number of nitrogens with one attached hydrogen (secondary N) is 1. The largest absolute Gasteiger partial charge is 0.370 e. The van der Waals surface area contributed by atoms with Crippen LogP contribution in [0.1, 0.15) is 17.7 Å². The maximum absolute atomic E-state index is 12.1. The molecule has 2 aromatic rings. The highest BCUT2D eigenvalue weighted by atomic mass is 35.5. The van der Waals surface area contributed by atoms with Crippen LogP contribution in [0.2, 0.25) is 5.02 Å². The van der Waals surface area contributed by atoms with E-state index >= 15 is 0 Å². The summed E-state index contributed by atoms with van der Waals surface area (Å²) >= 11 is 7.68. The lowest BCUT2D eigenvalue weighted by Gasteiger charge is -2.21. The number of amides is 1. The van der Waals surface area contributed by atoms with E-state index in [9.17, 15) is 4.79 Å². The molecule has 0 aliphatic carbocycles. The number of anilines is 2. The Kier molecular flexibility index (Phi) is 4.80. The van der Waals surface area contributed by atoms with E-state index in [0.717, 1.165) is 29.3 Å². The number of benzene rings is 1. The summed E-state index contributed by atoms with van der Waals surface area (Å²) in [5.41, 5.74) is 1.81. The Labute approximate surface area is 139 Å². The lowest BCUT2D eigenvalue weighted by Crippen LogP contribution is -2.20. The summed E-state index contributed by atoms with van der Waals surface area (Å²) in [6.45, 7) is 2.05. The Hall–Kier alpha value is -1.78. The summed E-state index contributed by atoms with van der Waals surface area (Å²) in [5, 5.41) is 5.56. The van der Waals surface area contributed by atoms with Crippen molar-refractivity contribution in [3.8, 4) is 0 Å². The van der Waals surface area contributed by atoms with E-state index in [0.29, 0.717) is 5.02 Å². The van der Waals surface area contributed by atoms with Gasteiger partial charge in [-0.1, -0.05) is 17.7 Å². The van der Waals surface area contributed by atoms with Gasteiger partial charge in [0.15, 0.2) is 0 Å². The van der Waals surface area contributed by atoms with Crippen molar-refractivity contribution < 1.29 is 4.79 Å². The molecule has 1 N–H and O–H groups in total. The number of carbonyl (C=O) groups is 1. The Morgan fingerprint density at radius 2 is 2.09 bits per heavy atom. The van der Waals surface area contributed by atoms with Gasteiger partial charge in [0.1, 0.15) is 0 Å². The summed E-state index contributed by atoms with van der Waals surface area (Å²) in [5.74, 6) is -0.142. The molecule has 22 heavy (non-hydrogen) atoms. The molecule has 0 radical (unpaired) electrons. The van der Waals surface area contributed by atoms with Crippen molar-refractivity contribution in [3.05, 3.63) is 51.7 Å². The fourth-order valence-electron chi connectivity index (χ4n) is 2.56. The van der Waals surface area contributed by atoms with Crippen molar-refractivity contribution in [2.24, 2.45) is 0 Å². The molecule has 1 saturated heterocycles. The third-order valence-electron chi connectivity index (χ3n) is 3.61. The van der Waals surface area contributed by atoms with E-state index in [1.165, 1.54) is 12.8 Å². The highest BCUT2D eigenvalue weighted by Crippen LogP contribution is 2.31. The van der Waals surface area contributed by atoms with Crippen LogP contribution in [-0.4, -0.2) is 19.0 Å². The third kappa shape index (κ3) is 3.70. The summed E-state index contributed by atoms with van der Waals surface area (Å²) in [6, 6.07) is 9.60. The Balaban J connectivity index is 1.75. The zero-order chi connectivity index (χ0) is 15.4. The van der Waals surface area contributed by atoms with Crippen LogP contribution < -0.4 is 10.2 Å². The van der Waals surface area contributed by atoms with Crippen LogP contribution in [0.5, 0.6) is 0 Å². The first kappa shape index (κ1) is 15.1. The first-order valence-electron chi connectivity index (χ1n) is 7.29. The molecule has 0 atom stereocenters. The van der Waals surface area contributed by atoms with Crippen LogP contribution in [0, 0.1) is 0 Å². The predicted octanol–water partition coefficient (Wildman–Crippen LogP) is 4.65. The SMILES string of the molecule is O=C(/C=C/c1cccs1)Nc1cc(Cl)ccc1N1CCCC1. The molecule has 3 rings (SSSR count). The number of thiophene rings is 1. The minimum absolute atomic E-state index is 0.142. The van der Waals surface area contributed by atoms with Crippen LogP contribution in [0.25, 0.3) is 6.08 Å². The van der Waals surface area contributed by atoms with Gasteiger partial charge in [0.25, 0.3) is 0 Å². The summed E-state index contributed by atoms with van der Waals surface area (Å²) < 4.78 is 0. The van der Waals surface area contributed by atoms with Crippen LogP contribution >= 0.6 is 22.9 Å². The first-order valence-corrected chi connectivity index (χ1v) is 8.55. The normalized spacial score (nSPS) is 14.7. The summed E-state index contributed by atoms with van der Waals surface area (Å²) in [4.78, 5) is 15.5. The maximum Gasteiger partial charge on any atom is 0.248 e. The molecule has 0 saturated carbocycles. The predicted molar refractivity (Wildman–Crippen MR) is 94.9 cm³/mol. The van der Waals surface area contributed by atoms with E-state index < -0.39 is 0 Å². The fourth-order valence-corrected chi connectivity index (χ4v) is 3.35. The van der Waals surface area contributed by atoms with Gasteiger partial charge in [0.05, 0.1) is 11.4 Å². The maximum atomic E-state index is 12.1. The molecule has 0 spiro atoms. The molecule has 1 aliphatic heterocycles. The highest BCUT2D eigenvalue weighted by Gasteiger charge is 2.16. The average molecular weight is 333 g/mol. The summed E-state index contributed by atoms with van der Waals surface area (Å²) in [7, 11) is 0. The second kappa shape index (κ2) is 6.99. The lowest BCUT2D eigenvalue weighted by atomic mass is 10.2. The first-order chi connectivity index (χ1) is 10.7. The van der Waals surface area contributed by atoms with Crippen LogP contribution in [0.15, 0.2) is 41.8 Å². The zero-order valence-corrected chi connectivity index (χ0v) is 13.7. The van der Waals surface area contributed by atoms with Gasteiger partial charge >= 0.3 is 0 Å². The topological polar surface area (TPSA) is 32.3 Å². The van der Waals surface area contributed by atoms with Crippen LogP contribution in [-0.2, 0) is 4.79 Å². The van der Waals surface area contributed by atoms with E-state index in [4.69, 9.17) is 11.6 Å². The minimum atomic E-state index is -0.142. The molecule has 2 heterocycles. The van der Waals surface area contributed by atoms with Crippen molar-refractivity contribution in [1.82, 2.24) is 0 Å². The number of hydrogen-bond acceptors (Lipinski definition) is 3. The number of rotatable bonds is 4. The monoisotopic (exact) mass is 332 g/mol. The summed E-state index contributed by atoms with van der Waals surface area (Å²) in [6.07, 6.45) is 5.75. The molecular weight excluding hydrogens is 316 g/mol. The molecule has 1 aromatic heterocycles. The van der Waals surface area contributed by atoms with Crippen LogP contribution in [0.3, 0.4) is 0 Å². The second-order valence-corrected chi connectivity index (χ2v) is 6.61. The molecule has 1 fully saturated rings. The van der Waals surface area contributed by atoms with Gasteiger partial charge in [0, 0.05) is 29.1 Å². The molecule has 1 amide bonds. The van der Waals surface area contributed by atoms with Gasteiger partial charge in [-0.05, 0) is 48.6 Å². The standard InChI is InChI=1S/C17H17ClN2OS/c18-13-5-7-16(20-9-1-2-10-20)15(12-13)19-17(21)8-6-14-4-3-11-22-14/h3-8,11-12H,1-2,9-10H2,(H,19,21)/b8-6+. The van der Waals surface area contributed by atoms with Gasteiger partial charge in [-0.15, -0.1) is 11.3 Å². The van der Waals surface area contributed by atoms with E-state index in [1.54, 1.807) is 17.4 Å². The number of hydrogen-bond donors (Lipinski definition) is 1. The molecule has 0 bridgehead atoms. The molecule has 114 valence electrons. The number of nitrogens with zero attached hydrogens (tertiary/aromatic N) is 1. The number of carbonyl (C=O) groups excluding carboxylic acids is 1. The Morgan fingerprint density at radius 1 is 1.27 bits per heavy atom. The minimum Gasteiger partial charge on any atom is -0.370 e. The zero-order valence-electron chi connectivity index (χ0n) is 12.1. The smallest absolute Gasteiger partial charge is 0.248 e. The van der Waals surface area contributed by atoms with E-state index in [-0.39, 0.29) is 5.91 Å². The molecule has 1 aliphatic rings. The van der Waals surface area contributed by atoms with Gasteiger partial charge in [0.2, 0.25) is 5.91 Å². The quantitative estimate of drug-likeness (QED) is 0.826. The molecular formula is C17H17ClN2OS. The second-order valence-electron chi connectivity index (χ2n) is 5.19. The average Bonchev–Trinajstić information content (AvgIpc) is 3.19. The van der Waals surface area contributed by atoms with Crippen molar-refractivity contribution >= 4 is 46.3 Å². The fraction of sp³-hybridized carbons (Fsp3) is 0.235. The molecule has 0 unspecified atom stereocenters. The van der Waals surface area contributed by atoms with Crippen molar-refractivity contribution in [2.75, 3.05) is 23.3 Å². The van der Waals surface area contributed by atoms with Crippen molar-refractivity contribution in [3.63, 3.8) is 0 Å². The van der Waals surface area contributed by atoms with E-state index in [2.05, 4.69) is 10.2 Å². The molecule has 3 nitrogen and oxygen atoms in total. The highest BCUT2D eigenvalue weighted by molar-refractivity contribution is 7.10. The van der Waals surface area contributed by atoms with Gasteiger partial charge < -0.3 is 10.2 Å². The van der Waals surface area contributed by atoms with Gasteiger partial charge in [-0.2, -0.15) is 0 Å². The molecule has 1 aromatic carbocycles. The van der Waals surface area contributed by atoms with E-state index in [1.807, 2.05) is 41.8 Å². The van der Waals surface area contributed by atoms with Gasteiger partial charge in [-0.25, -0.2) is 0 Å². The van der Waals surface area contributed by atoms with Gasteiger partial charge in [-0.3, -0.25) is 4.79 Å². The Bertz CT molecular complexity index is 676. The van der Waals surface area contributed by atoms with Crippen molar-refractivity contribution in [2.45, 2.75) is 12.8 Å².